The molecule has 0 bridgehead atoms. The van der Waals surface area contributed by atoms with E-state index in [2.05, 4.69) is 11.6 Å². The van der Waals surface area contributed by atoms with Gasteiger partial charge in [-0.3, -0.25) is 0 Å². The Balaban J connectivity index is 1.87. The van der Waals surface area contributed by atoms with E-state index in [1.807, 2.05) is 0 Å². The normalized spacial score (nSPS) is 33.7. The van der Waals surface area contributed by atoms with Gasteiger partial charge in [-0.25, -0.2) is 4.72 Å². The summed E-state index contributed by atoms with van der Waals surface area (Å²) in [6.45, 7) is 4.59. The molecule has 6 heteroatoms. The molecule has 1 saturated heterocycles. The summed E-state index contributed by atoms with van der Waals surface area (Å²) in [4.78, 5) is 0. The summed E-state index contributed by atoms with van der Waals surface area (Å²) in [6, 6.07) is 0. The van der Waals surface area contributed by atoms with Crippen LogP contribution in [0.25, 0.3) is 0 Å². The van der Waals surface area contributed by atoms with Gasteiger partial charge in [0.05, 0.1) is 0 Å². The molecule has 19 heavy (non-hydrogen) atoms. The van der Waals surface area contributed by atoms with Crippen LogP contribution in [0.5, 0.6) is 0 Å². The van der Waals surface area contributed by atoms with Crippen LogP contribution in [0.15, 0.2) is 0 Å². The molecule has 1 aliphatic carbocycles. The molecule has 0 spiro atoms. The summed E-state index contributed by atoms with van der Waals surface area (Å²) in [7, 11) is -3.31. The summed E-state index contributed by atoms with van der Waals surface area (Å²) in [6.07, 6.45) is 5.57. The van der Waals surface area contributed by atoms with Crippen LogP contribution < -0.4 is 10.5 Å². The van der Waals surface area contributed by atoms with Crippen molar-refractivity contribution in [2.45, 2.75) is 39.0 Å². The molecule has 0 aromatic carbocycles. The minimum Gasteiger partial charge on any atom is -0.330 e. The molecular weight excluding hydrogens is 262 g/mol. The zero-order valence-electron chi connectivity index (χ0n) is 11.8. The van der Waals surface area contributed by atoms with E-state index in [1.165, 1.54) is 12.8 Å². The number of rotatable bonds is 5. The smallest absolute Gasteiger partial charge is 0.279 e. The van der Waals surface area contributed by atoms with Crippen molar-refractivity contribution in [3.8, 4) is 0 Å². The standard InChI is InChI=1S/C13H27N3O2S/c1-11-4-2-6-13(11)9-15-19(17,18)16-7-3-5-12(8-14)10-16/h11-13,15H,2-10,14H2,1H3. The number of nitrogens with two attached hydrogens (primary N) is 1. The van der Waals surface area contributed by atoms with E-state index in [1.54, 1.807) is 4.31 Å². The molecule has 1 heterocycles. The molecule has 3 atom stereocenters. The number of hydrogen-bond acceptors (Lipinski definition) is 3. The van der Waals surface area contributed by atoms with Crippen LogP contribution in [0.3, 0.4) is 0 Å². The average Bonchev–Trinajstić information content (AvgIpc) is 2.82. The monoisotopic (exact) mass is 289 g/mol. The molecule has 5 nitrogen and oxygen atoms in total. The van der Waals surface area contributed by atoms with Crippen molar-refractivity contribution in [1.82, 2.24) is 9.03 Å². The lowest BCUT2D eigenvalue weighted by molar-refractivity contribution is 0.267. The second-order valence-electron chi connectivity index (χ2n) is 6.12. The summed E-state index contributed by atoms with van der Waals surface area (Å²) in [5.41, 5.74) is 5.66. The molecule has 3 unspecified atom stereocenters. The fourth-order valence-corrected chi connectivity index (χ4v) is 4.65. The molecule has 0 amide bonds. The number of nitrogens with one attached hydrogen (secondary N) is 1. The van der Waals surface area contributed by atoms with Gasteiger partial charge in [-0.05, 0) is 43.6 Å². The Labute approximate surface area is 117 Å². The molecule has 2 rings (SSSR count). The summed E-state index contributed by atoms with van der Waals surface area (Å²) >= 11 is 0. The SMILES string of the molecule is CC1CCCC1CNS(=O)(=O)N1CCCC(CN)C1. The maximum Gasteiger partial charge on any atom is 0.279 e. The van der Waals surface area contributed by atoms with Crippen LogP contribution in [0.2, 0.25) is 0 Å². The van der Waals surface area contributed by atoms with Crippen LogP contribution in [-0.4, -0.2) is 38.9 Å². The summed E-state index contributed by atoms with van der Waals surface area (Å²) < 4.78 is 28.9. The number of hydrogen-bond donors (Lipinski definition) is 2. The van der Waals surface area contributed by atoms with E-state index in [0.29, 0.717) is 43.9 Å². The van der Waals surface area contributed by atoms with Crippen molar-refractivity contribution in [2.75, 3.05) is 26.2 Å². The molecule has 0 aromatic heterocycles. The quantitative estimate of drug-likeness (QED) is 0.790. The topological polar surface area (TPSA) is 75.4 Å². The predicted octanol–water partition coefficient (Wildman–Crippen LogP) is 0.928. The Morgan fingerprint density at radius 1 is 1.26 bits per heavy atom. The lowest BCUT2D eigenvalue weighted by Crippen LogP contribution is -2.48. The lowest BCUT2D eigenvalue weighted by Gasteiger charge is -2.31. The first kappa shape index (κ1) is 15.2. The maximum atomic E-state index is 12.3. The van der Waals surface area contributed by atoms with Gasteiger partial charge in [0.25, 0.3) is 10.2 Å². The van der Waals surface area contributed by atoms with E-state index >= 15 is 0 Å². The third kappa shape index (κ3) is 3.90. The molecule has 112 valence electrons. The van der Waals surface area contributed by atoms with Gasteiger partial charge < -0.3 is 5.73 Å². The van der Waals surface area contributed by atoms with Crippen molar-refractivity contribution >= 4 is 10.2 Å². The van der Waals surface area contributed by atoms with E-state index in [-0.39, 0.29) is 0 Å². The minimum atomic E-state index is -3.31. The van der Waals surface area contributed by atoms with Gasteiger partial charge in [-0.2, -0.15) is 12.7 Å². The molecule has 0 radical (unpaired) electrons. The molecule has 2 fully saturated rings. The third-order valence-electron chi connectivity index (χ3n) is 4.72. The molecule has 1 aliphatic heterocycles. The Morgan fingerprint density at radius 3 is 2.68 bits per heavy atom. The van der Waals surface area contributed by atoms with Crippen molar-refractivity contribution in [3.05, 3.63) is 0 Å². The van der Waals surface area contributed by atoms with Gasteiger partial charge in [0, 0.05) is 19.6 Å². The first-order valence-electron chi connectivity index (χ1n) is 7.47. The van der Waals surface area contributed by atoms with Gasteiger partial charge in [-0.15, -0.1) is 0 Å². The van der Waals surface area contributed by atoms with E-state index < -0.39 is 10.2 Å². The highest BCUT2D eigenvalue weighted by Crippen LogP contribution is 2.30. The first-order chi connectivity index (χ1) is 9.03. The lowest BCUT2D eigenvalue weighted by atomic mass is 9.99. The van der Waals surface area contributed by atoms with Crippen LogP contribution in [-0.2, 0) is 10.2 Å². The fraction of sp³-hybridized carbons (Fsp3) is 1.00. The third-order valence-corrected chi connectivity index (χ3v) is 6.26. The Kier molecular flexibility index (Phi) is 5.22. The zero-order chi connectivity index (χ0) is 13.9. The molecular formula is C13H27N3O2S. The van der Waals surface area contributed by atoms with Crippen molar-refractivity contribution in [2.24, 2.45) is 23.5 Å². The highest BCUT2D eigenvalue weighted by atomic mass is 32.2. The molecule has 2 aliphatic rings. The Hall–Kier alpha value is -0.170. The van der Waals surface area contributed by atoms with Gasteiger partial charge in [-0.1, -0.05) is 19.8 Å². The fourth-order valence-electron chi connectivity index (χ4n) is 3.27. The highest BCUT2D eigenvalue weighted by molar-refractivity contribution is 7.87. The molecule has 1 saturated carbocycles. The molecule has 0 aromatic rings. The van der Waals surface area contributed by atoms with E-state index in [0.717, 1.165) is 19.3 Å². The van der Waals surface area contributed by atoms with Gasteiger partial charge in [0.2, 0.25) is 0 Å². The van der Waals surface area contributed by atoms with Crippen LogP contribution in [0.4, 0.5) is 0 Å². The largest absolute Gasteiger partial charge is 0.330 e. The second-order valence-corrected chi connectivity index (χ2v) is 7.88. The van der Waals surface area contributed by atoms with E-state index in [9.17, 15) is 8.42 Å². The number of nitrogens with zero attached hydrogens (tertiary/aromatic N) is 1. The second kappa shape index (κ2) is 6.52. The maximum absolute atomic E-state index is 12.3. The number of piperidine rings is 1. The zero-order valence-corrected chi connectivity index (χ0v) is 12.7. The molecule has 3 N–H and O–H groups in total. The van der Waals surface area contributed by atoms with Gasteiger partial charge in [0.1, 0.15) is 0 Å². The van der Waals surface area contributed by atoms with Crippen LogP contribution in [0, 0.1) is 17.8 Å². The summed E-state index contributed by atoms with van der Waals surface area (Å²) in [5.74, 6) is 1.46. The van der Waals surface area contributed by atoms with Gasteiger partial charge >= 0.3 is 0 Å². The van der Waals surface area contributed by atoms with Crippen molar-refractivity contribution in [3.63, 3.8) is 0 Å². The Morgan fingerprint density at radius 2 is 2.05 bits per heavy atom. The van der Waals surface area contributed by atoms with Crippen LogP contribution in [0.1, 0.15) is 39.0 Å². The van der Waals surface area contributed by atoms with Crippen LogP contribution >= 0.6 is 0 Å². The average molecular weight is 289 g/mol. The van der Waals surface area contributed by atoms with E-state index in [4.69, 9.17) is 5.73 Å². The van der Waals surface area contributed by atoms with Gasteiger partial charge in [0.15, 0.2) is 0 Å². The Bertz CT molecular complexity index is 385. The van der Waals surface area contributed by atoms with Crippen molar-refractivity contribution in [1.29, 1.82) is 0 Å². The minimum absolute atomic E-state index is 0.315. The highest BCUT2D eigenvalue weighted by Gasteiger charge is 2.30. The first-order valence-corrected chi connectivity index (χ1v) is 8.91. The van der Waals surface area contributed by atoms with Crippen molar-refractivity contribution < 1.29 is 8.42 Å². The summed E-state index contributed by atoms with van der Waals surface area (Å²) in [5, 5.41) is 0. The predicted molar refractivity (Wildman–Crippen MR) is 76.8 cm³/mol.